The fourth-order valence-corrected chi connectivity index (χ4v) is 0.574. The van der Waals surface area contributed by atoms with Gasteiger partial charge in [-0.25, -0.2) is 0 Å². The fraction of sp³-hybridized carbons (Fsp3) is 0. The van der Waals surface area contributed by atoms with Gasteiger partial charge in [-0.15, -0.1) is 0 Å². The molecule has 0 saturated heterocycles. The zero-order valence-corrected chi connectivity index (χ0v) is 9.02. The molecule has 1 aromatic carbocycles. The third kappa shape index (κ3) is 5.56. The van der Waals surface area contributed by atoms with E-state index in [0.29, 0.717) is 0 Å². The summed E-state index contributed by atoms with van der Waals surface area (Å²) in [6.45, 7) is 0. The van der Waals surface area contributed by atoms with E-state index in [2.05, 4.69) is 0 Å². The van der Waals surface area contributed by atoms with Crippen molar-refractivity contribution in [3.63, 3.8) is 0 Å². The minimum atomic E-state index is -0.514. The first-order valence-corrected chi connectivity index (χ1v) is 2.63. The summed E-state index contributed by atoms with van der Waals surface area (Å²) in [5.41, 5.74) is -0.0159. The zero-order valence-electron chi connectivity index (χ0n) is 8.02. The number of nitro groups is 1. The van der Waals surface area contributed by atoms with E-state index in [-0.39, 0.29) is 53.4 Å². The Balaban J connectivity index is -0.000000125. The molecule has 0 aliphatic rings. The molecule has 1 rings (SSSR count). The third-order valence-electron chi connectivity index (χ3n) is 1.06. The average molecular weight is 199 g/mol. The Morgan fingerprint density at radius 2 is 1.62 bits per heavy atom. The van der Waals surface area contributed by atoms with Crippen molar-refractivity contribution in [1.82, 2.24) is 0 Å². The van der Waals surface area contributed by atoms with Gasteiger partial charge in [0.05, 0.1) is 4.92 Å². The average Bonchev–Trinajstić information content (AvgIpc) is 1.88. The van der Waals surface area contributed by atoms with Crippen molar-refractivity contribution in [2.24, 2.45) is 0 Å². The van der Waals surface area contributed by atoms with Crippen LogP contribution in [0, 0.1) is 10.1 Å². The number of non-ortho nitro benzene ring substituents is 1. The van der Waals surface area contributed by atoms with E-state index < -0.39 is 4.92 Å². The largest absolute Gasteiger partial charge is 1.00 e. The number of nitrogens with zero attached hydrogens (tertiary/aromatic N) is 1. The zero-order chi connectivity index (χ0) is 7.56. The maximum atomic E-state index is 10.0. The number of rotatable bonds is 1. The predicted molar refractivity (Wildman–Crippen MR) is 43.1 cm³/mol. The van der Waals surface area contributed by atoms with Gasteiger partial charge in [0.1, 0.15) is 5.75 Å². The van der Waals surface area contributed by atoms with Gasteiger partial charge in [0.25, 0.3) is 5.69 Å². The molecule has 0 radical (unpaired) electrons. The quantitative estimate of drug-likeness (QED) is 0.290. The van der Waals surface area contributed by atoms with Crippen molar-refractivity contribution in [3.05, 3.63) is 34.4 Å². The summed E-state index contributed by atoms with van der Waals surface area (Å²) in [5, 5.41) is 18.8. The second kappa shape index (κ2) is 7.96. The van der Waals surface area contributed by atoms with Crippen LogP contribution in [0.2, 0.25) is 0 Å². The number of nitro benzene ring substituents is 1. The number of hydrogen-bond acceptors (Lipinski definition) is 3. The second-order valence-corrected chi connectivity index (χ2v) is 1.77. The van der Waals surface area contributed by atoms with Crippen LogP contribution in [0.1, 0.15) is 1.43 Å². The van der Waals surface area contributed by atoms with Crippen molar-refractivity contribution in [2.45, 2.75) is 0 Å². The molecule has 7 heteroatoms. The summed E-state index contributed by atoms with van der Waals surface area (Å²) in [7, 11) is 0. The van der Waals surface area contributed by atoms with Crippen LogP contribution in [-0.2, 0) is 0 Å². The summed E-state index contributed by atoms with van der Waals surface area (Å²) in [6, 6.07) is 5.04. The van der Waals surface area contributed by atoms with Crippen LogP contribution < -0.4 is 29.6 Å². The van der Waals surface area contributed by atoms with Gasteiger partial charge in [0.15, 0.2) is 0 Å². The topological polar surface area (TPSA) is 126 Å². The van der Waals surface area contributed by atoms with Crippen molar-refractivity contribution in [3.8, 4) is 5.75 Å². The van der Waals surface area contributed by atoms with Crippen molar-refractivity contribution in [2.75, 3.05) is 0 Å². The first kappa shape index (κ1) is 18.2. The standard InChI is InChI=1S/C6H5NO3.Na.2H2O.H/c8-6-3-1-5(2-4-6)7(9)10;;;;/h1-4,8H;;2*1H2;/q;+1;;;-1. The first-order chi connectivity index (χ1) is 4.70. The molecule has 0 saturated carbocycles. The molecule has 0 spiro atoms. The number of phenolic OH excluding ortho intramolecular Hbond substituents is 1. The molecule has 0 unspecified atom stereocenters. The number of phenols is 1. The van der Waals surface area contributed by atoms with Gasteiger partial charge in [-0.05, 0) is 12.1 Å². The minimum Gasteiger partial charge on any atom is -1.00 e. The molecule has 0 aromatic heterocycles. The SMILES string of the molecule is O.O.O=[N+]([O-])c1ccc(O)cc1.[H-].[Na+]. The van der Waals surface area contributed by atoms with E-state index in [0.717, 1.165) is 0 Å². The molecule has 1 aromatic rings. The van der Waals surface area contributed by atoms with Gasteiger partial charge in [0.2, 0.25) is 0 Å². The van der Waals surface area contributed by atoms with E-state index in [1.165, 1.54) is 24.3 Å². The van der Waals surface area contributed by atoms with Gasteiger partial charge in [-0.3, -0.25) is 10.1 Å². The fourth-order valence-electron chi connectivity index (χ4n) is 0.574. The summed E-state index contributed by atoms with van der Waals surface area (Å²) in [4.78, 5) is 9.52. The smallest absolute Gasteiger partial charge is 1.00 e. The Labute approximate surface area is 97.7 Å². The molecule has 0 atom stereocenters. The van der Waals surface area contributed by atoms with Gasteiger partial charge < -0.3 is 17.5 Å². The molecule has 0 amide bonds. The van der Waals surface area contributed by atoms with E-state index in [1.54, 1.807) is 0 Å². The van der Waals surface area contributed by atoms with E-state index >= 15 is 0 Å². The minimum absolute atomic E-state index is 0. The van der Waals surface area contributed by atoms with E-state index in [4.69, 9.17) is 5.11 Å². The number of hydrogen-bond donors (Lipinski definition) is 1. The van der Waals surface area contributed by atoms with E-state index in [1.807, 2.05) is 0 Å². The van der Waals surface area contributed by atoms with Crippen LogP contribution in [0.5, 0.6) is 5.75 Å². The molecule has 0 aliphatic carbocycles. The van der Waals surface area contributed by atoms with Crippen molar-refractivity contribution in [1.29, 1.82) is 0 Å². The summed E-state index contributed by atoms with van der Waals surface area (Å²) in [5.74, 6) is 0.0330. The normalized spacial score (nSPS) is 7.08. The summed E-state index contributed by atoms with van der Waals surface area (Å²) < 4.78 is 0. The Morgan fingerprint density at radius 3 is 1.92 bits per heavy atom. The monoisotopic (exact) mass is 199 g/mol. The molecule has 13 heavy (non-hydrogen) atoms. The Hall–Kier alpha value is -0.660. The predicted octanol–water partition coefficient (Wildman–Crippen LogP) is -3.23. The molecular weight excluding hydrogens is 189 g/mol. The maximum absolute atomic E-state index is 10.0. The van der Waals surface area contributed by atoms with Crippen LogP contribution in [0.25, 0.3) is 0 Å². The second-order valence-electron chi connectivity index (χ2n) is 1.77. The third-order valence-corrected chi connectivity index (χ3v) is 1.06. The molecule has 0 heterocycles. The van der Waals surface area contributed by atoms with Crippen molar-refractivity contribution < 1.29 is 52.0 Å². The van der Waals surface area contributed by atoms with Gasteiger partial charge in [-0.1, -0.05) is 0 Å². The van der Waals surface area contributed by atoms with E-state index in [9.17, 15) is 10.1 Å². The number of benzene rings is 1. The Kier molecular flexibility index (Phi) is 11.1. The van der Waals surface area contributed by atoms with Crippen LogP contribution in [0.4, 0.5) is 5.69 Å². The Morgan fingerprint density at radius 1 is 1.23 bits per heavy atom. The van der Waals surface area contributed by atoms with Crippen molar-refractivity contribution >= 4 is 5.69 Å². The molecule has 0 aliphatic heterocycles. The Bertz CT molecular complexity index is 255. The molecule has 70 valence electrons. The first-order valence-electron chi connectivity index (χ1n) is 2.63. The van der Waals surface area contributed by atoms with Gasteiger partial charge in [0, 0.05) is 12.1 Å². The molecule has 5 N–H and O–H groups in total. The summed E-state index contributed by atoms with van der Waals surface area (Å²) >= 11 is 0. The van der Waals surface area contributed by atoms with Crippen LogP contribution in [0.15, 0.2) is 24.3 Å². The van der Waals surface area contributed by atoms with Crippen LogP contribution in [-0.4, -0.2) is 21.0 Å². The van der Waals surface area contributed by atoms with Gasteiger partial charge in [-0.2, -0.15) is 0 Å². The molecule has 6 nitrogen and oxygen atoms in total. The van der Waals surface area contributed by atoms with Crippen LogP contribution >= 0.6 is 0 Å². The molecule has 0 fully saturated rings. The van der Waals surface area contributed by atoms with Gasteiger partial charge >= 0.3 is 29.6 Å². The van der Waals surface area contributed by atoms with Crippen LogP contribution in [0.3, 0.4) is 0 Å². The number of aromatic hydroxyl groups is 1. The molecular formula is C6H10NNaO5. The maximum Gasteiger partial charge on any atom is 1.00 e. The molecule has 0 bridgehead atoms. The summed E-state index contributed by atoms with van der Waals surface area (Å²) in [6.07, 6.45) is 0.